The van der Waals surface area contributed by atoms with Crippen molar-refractivity contribution < 1.29 is 9.53 Å². The maximum absolute atomic E-state index is 12.0. The number of aromatic nitrogens is 2. The number of aryl methyl sites for hydroxylation is 1. The smallest absolute Gasteiger partial charge is 0.250 e. The SMILES string of the molecule is COc1ccccc1C=NNC(=O)CSc1nc2ccccc2n1C. The first-order valence-corrected chi connectivity index (χ1v) is 8.67. The van der Waals surface area contributed by atoms with Crippen LogP contribution >= 0.6 is 11.8 Å². The average Bonchev–Trinajstić information content (AvgIpc) is 2.97. The summed E-state index contributed by atoms with van der Waals surface area (Å²) in [5.41, 5.74) is 5.28. The lowest BCUT2D eigenvalue weighted by atomic mass is 10.2. The molecule has 1 aromatic heterocycles. The number of ether oxygens (including phenoxy) is 1. The molecule has 0 radical (unpaired) electrons. The molecule has 3 rings (SSSR count). The Kier molecular flexibility index (Phi) is 5.35. The van der Waals surface area contributed by atoms with Crippen molar-refractivity contribution in [2.45, 2.75) is 5.16 Å². The summed E-state index contributed by atoms with van der Waals surface area (Å²) in [6.07, 6.45) is 1.57. The number of para-hydroxylation sites is 3. The summed E-state index contributed by atoms with van der Waals surface area (Å²) in [4.78, 5) is 16.5. The number of methoxy groups -OCH3 is 1. The number of carbonyl (C=O) groups excluding carboxylic acids is 1. The predicted octanol–water partition coefficient (Wildman–Crippen LogP) is 2.82. The fourth-order valence-corrected chi connectivity index (χ4v) is 3.14. The molecule has 6 nitrogen and oxygen atoms in total. The highest BCUT2D eigenvalue weighted by Crippen LogP contribution is 2.22. The van der Waals surface area contributed by atoms with Gasteiger partial charge >= 0.3 is 0 Å². The molecule has 0 atom stereocenters. The fourth-order valence-electron chi connectivity index (χ4n) is 2.36. The molecular weight excluding hydrogens is 336 g/mol. The lowest BCUT2D eigenvalue weighted by Crippen LogP contribution is -2.19. The third-order valence-corrected chi connectivity index (χ3v) is 4.64. The zero-order valence-corrected chi connectivity index (χ0v) is 14.8. The first-order valence-electron chi connectivity index (χ1n) is 7.68. The number of fused-ring (bicyclic) bond motifs is 1. The van der Waals surface area contributed by atoms with Crippen molar-refractivity contribution >= 4 is 34.9 Å². The van der Waals surface area contributed by atoms with E-state index in [0.29, 0.717) is 5.75 Å². The van der Waals surface area contributed by atoms with Crippen LogP contribution in [0, 0.1) is 0 Å². The van der Waals surface area contributed by atoms with Gasteiger partial charge in [-0.3, -0.25) is 4.79 Å². The van der Waals surface area contributed by atoms with E-state index in [2.05, 4.69) is 15.5 Å². The number of thioether (sulfide) groups is 1. The summed E-state index contributed by atoms with van der Waals surface area (Å²) in [6, 6.07) is 15.3. The largest absolute Gasteiger partial charge is 0.496 e. The number of imidazole rings is 1. The molecule has 3 aromatic rings. The van der Waals surface area contributed by atoms with Crippen LogP contribution in [0.15, 0.2) is 58.8 Å². The van der Waals surface area contributed by atoms with Crippen molar-refractivity contribution in [3.05, 3.63) is 54.1 Å². The third-order valence-electron chi connectivity index (χ3n) is 3.61. The highest BCUT2D eigenvalue weighted by Gasteiger charge is 2.09. The van der Waals surface area contributed by atoms with Gasteiger partial charge in [0, 0.05) is 12.6 Å². The normalized spacial score (nSPS) is 11.1. The topological polar surface area (TPSA) is 68.5 Å². The van der Waals surface area contributed by atoms with Gasteiger partial charge in [-0.25, -0.2) is 10.4 Å². The predicted molar refractivity (Wildman–Crippen MR) is 100 cm³/mol. The van der Waals surface area contributed by atoms with Crippen LogP contribution in [0.3, 0.4) is 0 Å². The van der Waals surface area contributed by atoms with Crippen molar-refractivity contribution in [3.63, 3.8) is 0 Å². The van der Waals surface area contributed by atoms with Gasteiger partial charge in [0.2, 0.25) is 0 Å². The molecule has 7 heteroatoms. The Labute approximate surface area is 149 Å². The van der Waals surface area contributed by atoms with Crippen molar-refractivity contribution in [2.24, 2.45) is 12.1 Å². The van der Waals surface area contributed by atoms with Gasteiger partial charge in [-0.1, -0.05) is 36.0 Å². The number of nitrogens with zero attached hydrogens (tertiary/aromatic N) is 3. The highest BCUT2D eigenvalue weighted by molar-refractivity contribution is 7.99. The summed E-state index contributed by atoms with van der Waals surface area (Å²) in [6.45, 7) is 0. The molecule has 128 valence electrons. The number of hydrazone groups is 1. The zero-order valence-electron chi connectivity index (χ0n) is 14.0. The fraction of sp³-hybridized carbons (Fsp3) is 0.167. The van der Waals surface area contributed by atoms with Gasteiger partial charge in [-0.2, -0.15) is 5.10 Å². The first-order chi connectivity index (χ1) is 12.2. The molecule has 0 fully saturated rings. The van der Waals surface area contributed by atoms with Crippen LogP contribution in [0.5, 0.6) is 5.75 Å². The van der Waals surface area contributed by atoms with Crippen LogP contribution in [0.4, 0.5) is 0 Å². The number of nitrogens with one attached hydrogen (secondary N) is 1. The van der Waals surface area contributed by atoms with Gasteiger partial charge < -0.3 is 9.30 Å². The van der Waals surface area contributed by atoms with Gasteiger partial charge in [0.25, 0.3) is 5.91 Å². The Morgan fingerprint density at radius 2 is 2.04 bits per heavy atom. The van der Waals surface area contributed by atoms with E-state index in [-0.39, 0.29) is 11.7 Å². The monoisotopic (exact) mass is 354 g/mol. The third kappa shape index (κ3) is 4.00. The second-order valence-corrected chi connectivity index (χ2v) is 6.21. The standard InChI is InChI=1S/C18H18N4O2S/c1-22-15-9-5-4-8-14(15)20-18(22)25-12-17(23)21-19-11-13-7-3-6-10-16(13)24-2/h3-11H,12H2,1-2H3,(H,21,23). The molecule has 0 aliphatic rings. The molecule has 0 saturated carbocycles. The summed E-state index contributed by atoms with van der Waals surface area (Å²) in [7, 11) is 3.54. The minimum atomic E-state index is -0.191. The van der Waals surface area contributed by atoms with Gasteiger partial charge in [0.15, 0.2) is 5.16 Å². The molecule has 2 aromatic carbocycles. The van der Waals surface area contributed by atoms with Crippen molar-refractivity contribution in [3.8, 4) is 5.75 Å². The molecule has 0 unspecified atom stereocenters. The Morgan fingerprint density at radius 1 is 1.28 bits per heavy atom. The van der Waals surface area contributed by atoms with E-state index in [1.807, 2.05) is 60.1 Å². The van der Waals surface area contributed by atoms with Crippen LogP contribution in [-0.4, -0.2) is 34.5 Å². The van der Waals surface area contributed by atoms with Crippen molar-refractivity contribution in [1.29, 1.82) is 0 Å². The molecule has 1 heterocycles. The van der Waals surface area contributed by atoms with Crippen LogP contribution in [-0.2, 0) is 11.8 Å². The quantitative estimate of drug-likeness (QED) is 0.420. The van der Waals surface area contributed by atoms with E-state index in [1.165, 1.54) is 11.8 Å². The number of hydrogen-bond acceptors (Lipinski definition) is 5. The Hall–Kier alpha value is -2.80. The molecule has 0 saturated heterocycles. The van der Waals surface area contributed by atoms with Crippen molar-refractivity contribution in [1.82, 2.24) is 15.0 Å². The maximum Gasteiger partial charge on any atom is 0.250 e. The summed E-state index contributed by atoms with van der Waals surface area (Å²) < 4.78 is 7.21. The summed E-state index contributed by atoms with van der Waals surface area (Å²) in [5.74, 6) is 0.748. The molecule has 1 amide bonds. The van der Waals surface area contributed by atoms with E-state index in [1.54, 1.807) is 13.3 Å². The second-order valence-electron chi connectivity index (χ2n) is 5.27. The van der Waals surface area contributed by atoms with E-state index in [9.17, 15) is 4.79 Å². The summed E-state index contributed by atoms with van der Waals surface area (Å²) in [5, 5.41) is 4.78. The van der Waals surface area contributed by atoms with Crippen LogP contribution in [0.2, 0.25) is 0 Å². The Balaban J connectivity index is 1.57. The number of hydrogen-bond donors (Lipinski definition) is 1. The van der Waals surface area contributed by atoms with Gasteiger partial charge in [-0.15, -0.1) is 0 Å². The zero-order chi connectivity index (χ0) is 17.6. The molecule has 0 aliphatic heterocycles. The Bertz CT molecular complexity index is 920. The highest BCUT2D eigenvalue weighted by atomic mass is 32.2. The van der Waals surface area contributed by atoms with Crippen LogP contribution < -0.4 is 10.2 Å². The van der Waals surface area contributed by atoms with Crippen molar-refractivity contribution in [2.75, 3.05) is 12.9 Å². The molecule has 1 N–H and O–H groups in total. The Morgan fingerprint density at radius 3 is 2.84 bits per heavy atom. The number of rotatable bonds is 6. The van der Waals surface area contributed by atoms with Crippen LogP contribution in [0.1, 0.15) is 5.56 Å². The number of amides is 1. The molecule has 0 aliphatic carbocycles. The molecule has 0 spiro atoms. The van der Waals surface area contributed by atoms with Crippen LogP contribution in [0.25, 0.3) is 11.0 Å². The second kappa shape index (κ2) is 7.85. The molecule has 25 heavy (non-hydrogen) atoms. The van der Waals surface area contributed by atoms with Gasteiger partial charge in [0.1, 0.15) is 5.75 Å². The molecule has 0 bridgehead atoms. The first kappa shape index (κ1) is 17.0. The lowest BCUT2D eigenvalue weighted by molar-refractivity contribution is -0.118. The summed E-state index contributed by atoms with van der Waals surface area (Å²) >= 11 is 1.38. The van der Waals surface area contributed by atoms with E-state index >= 15 is 0 Å². The minimum absolute atomic E-state index is 0.191. The van der Waals surface area contributed by atoms with E-state index < -0.39 is 0 Å². The maximum atomic E-state index is 12.0. The minimum Gasteiger partial charge on any atom is -0.496 e. The van der Waals surface area contributed by atoms with Gasteiger partial charge in [-0.05, 0) is 24.3 Å². The lowest BCUT2D eigenvalue weighted by Gasteiger charge is -2.03. The number of benzene rings is 2. The van der Waals surface area contributed by atoms with E-state index in [4.69, 9.17) is 4.74 Å². The average molecular weight is 354 g/mol. The van der Waals surface area contributed by atoms with Gasteiger partial charge in [0.05, 0.1) is 30.1 Å². The number of carbonyl (C=O) groups is 1. The van der Waals surface area contributed by atoms with E-state index in [0.717, 1.165) is 21.8 Å². The molecular formula is C18H18N4O2S.